The van der Waals surface area contributed by atoms with E-state index in [2.05, 4.69) is 0 Å². The first-order valence-electron chi connectivity index (χ1n) is 4.88. The molecule has 0 aliphatic rings. The lowest BCUT2D eigenvalue weighted by molar-refractivity contribution is -0.873. The highest BCUT2D eigenvalue weighted by Crippen LogP contribution is 2.02. The molecule has 0 fully saturated rings. The van der Waals surface area contributed by atoms with Crippen molar-refractivity contribution in [3.05, 3.63) is 0 Å². The first kappa shape index (κ1) is 13.4. The van der Waals surface area contributed by atoms with Crippen LogP contribution in [0.3, 0.4) is 0 Å². The highest BCUT2D eigenvalue weighted by atomic mass is 16.5. The molecule has 0 saturated carbocycles. The number of esters is 1. The molecule has 1 N–H and O–H groups in total. The van der Waals surface area contributed by atoms with Crippen LogP contribution in [0, 0.1) is 0 Å². The van der Waals surface area contributed by atoms with Crippen molar-refractivity contribution in [1.82, 2.24) is 0 Å². The van der Waals surface area contributed by atoms with E-state index >= 15 is 0 Å². The molecule has 0 spiro atoms. The summed E-state index contributed by atoms with van der Waals surface area (Å²) in [6, 6.07) is 0. The Morgan fingerprint density at radius 3 is 2.21 bits per heavy atom. The molecule has 84 valence electrons. The molecular formula is C10H22NO3+. The molecule has 0 unspecified atom stereocenters. The molecule has 0 heterocycles. The zero-order chi connectivity index (χ0) is 11.4. The number of hydrogen-bond acceptors (Lipinski definition) is 3. The van der Waals surface area contributed by atoms with Crippen LogP contribution in [0.25, 0.3) is 0 Å². The van der Waals surface area contributed by atoms with Gasteiger partial charge in [0.15, 0.2) is 0 Å². The summed E-state index contributed by atoms with van der Waals surface area (Å²) in [5, 5.41) is 9.55. The molecule has 4 heteroatoms. The maximum atomic E-state index is 11.2. The molecule has 0 rings (SSSR count). The third-order valence-corrected chi connectivity index (χ3v) is 1.53. The highest BCUT2D eigenvalue weighted by Gasteiger charge is 2.19. The minimum absolute atomic E-state index is 0.0771. The van der Waals surface area contributed by atoms with Crippen LogP contribution >= 0.6 is 0 Å². The van der Waals surface area contributed by atoms with Crippen molar-refractivity contribution in [3.63, 3.8) is 0 Å². The van der Waals surface area contributed by atoms with E-state index in [0.717, 1.165) is 0 Å². The Balaban J connectivity index is 3.83. The molecule has 0 aliphatic carbocycles. The first-order chi connectivity index (χ1) is 6.20. The number of aliphatic hydroxyl groups is 1. The summed E-state index contributed by atoms with van der Waals surface area (Å²) in [7, 11) is 5.91. The Kier molecular flexibility index (Phi) is 5.08. The Labute approximate surface area is 86.1 Å². The first-order valence-corrected chi connectivity index (χ1v) is 4.88. The molecule has 14 heavy (non-hydrogen) atoms. The number of aliphatic hydroxyl groups excluding tert-OH is 1. The van der Waals surface area contributed by atoms with Crippen LogP contribution in [0.5, 0.6) is 0 Å². The number of likely N-dealkylation sites (N-methyl/N-ethyl adjacent to an activating group) is 1. The number of quaternary nitrogens is 1. The van der Waals surface area contributed by atoms with E-state index in [0.29, 0.717) is 11.0 Å². The molecule has 0 aromatic rings. The SMILES string of the molecule is CC(C)OC(=O)C[C@@H](O)C[N+](C)(C)C. The second kappa shape index (κ2) is 5.32. The summed E-state index contributed by atoms with van der Waals surface area (Å²) in [5.41, 5.74) is 0. The summed E-state index contributed by atoms with van der Waals surface area (Å²) in [6.07, 6.45) is -0.659. The topological polar surface area (TPSA) is 46.5 Å². The van der Waals surface area contributed by atoms with Gasteiger partial charge < -0.3 is 14.3 Å². The van der Waals surface area contributed by atoms with E-state index in [9.17, 15) is 9.90 Å². The molecule has 1 atom stereocenters. The van der Waals surface area contributed by atoms with Gasteiger partial charge in [0.1, 0.15) is 12.6 Å². The average molecular weight is 204 g/mol. The summed E-state index contributed by atoms with van der Waals surface area (Å²) in [6.45, 7) is 4.14. The lowest BCUT2D eigenvalue weighted by Gasteiger charge is -2.26. The van der Waals surface area contributed by atoms with Crippen molar-refractivity contribution in [1.29, 1.82) is 0 Å². The molecule has 0 radical (unpaired) electrons. The van der Waals surface area contributed by atoms with Gasteiger partial charge in [-0.3, -0.25) is 4.79 Å². The highest BCUT2D eigenvalue weighted by molar-refractivity contribution is 5.70. The third-order valence-electron chi connectivity index (χ3n) is 1.53. The maximum absolute atomic E-state index is 11.2. The standard InChI is InChI=1S/C10H22NO3/c1-8(2)14-10(13)6-9(12)7-11(3,4)5/h8-9,12H,6-7H2,1-5H3/q+1/t9-/m1/s1. The summed E-state index contributed by atoms with van der Waals surface area (Å²) in [4.78, 5) is 11.2. The lowest BCUT2D eigenvalue weighted by Crippen LogP contribution is -2.42. The van der Waals surface area contributed by atoms with E-state index in [4.69, 9.17) is 4.74 Å². The van der Waals surface area contributed by atoms with Crippen LogP contribution in [0.2, 0.25) is 0 Å². The fourth-order valence-electron chi connectivity index (χ4n) is 1.20. The van der Waals surface area contributed by atoms with Crippen LogP contribution in [0.4, 0.5) is 0 Å². The van der Waals surface area contributed by atoms with Crippen molar-refractivity contribution < 1.29 is 19.1 Å². The zero-order valence-corrected chi connectivity index (χ0v) is 9.78. The van der Waals surface area contributed by atoms with E-state index in [1.54, 1.807) is 13.8 Å². The zero-order valence-electron chi connectivity index (χ0n) is 9.78. The number of ether oxygens (including phenoxy) is 1. The Morgan fingerprint density at radius 2 is 1.86 bits per heavy atom. The van der Waals surface area contributed by atoms with E-state index in [-0.39, 0.29) is 18.5 Å². The number of carbonyl (C=O) groups excluding carboxylic acids is 1. The van der Waals surface area contributed by atoms with Gasteiger partial charge in [-0.1, -0.05) is 0 Å². The van der Waals surface area contributed by atoms with Crippen molar-refractivity contribution in [3.8, 4) is 0 Å². The second-order valence-corrected chi connectivity index (χ2v) is 4.87. The van der Waals surface area contributed by atoms with Gasteiger partial charge in [0, 0.05) is 0 Å². The Bertz CT molecular complexity index is 184. The van der Waals surface area contributed by atoms with Gasteiger partial charge in [0.25, 0.3) is 0 Å². The van der Waals surface area contributed by atoms with Gasteiger partial charge >= 0.3 is 5.97 Å². The van der Waals surface area contributed by atoms with Gasteiger partial charge in [0.05, 0.1) is 33.7 Å². The molecule has 0 bridgehead atoms. The van der Waals surface area contributed by atoms with Crippen LogP contribution in [-0.4, -0.2) is 55.5 Å². The Morgan fingerprint density at radius 1 is 1.36 bits per heavy atom. The smallest absolute Gasteiger partial charge is 0.308 e. The maximum Gasteiger partial charge on any atom is 0.308 e. The molecule has 4 nitrogen and oxygen atoms in total. The number of hydrogen-bond donors (Lipinski definition) is 1. The number of carbonyl (C=O) groups is 1. The van der Waals surface area contributed by atoms with Crippen LogP contribution < -0.4 is 0 Å². The molecule has 0 aromatic heterocycles. The normalized spacial score (nSPS) is 14.2. The largest absolute Gasteiger partial charge is 0.463 e. The van der Waals surface area contributed by atoms with Gasteiger partial charge in [0.2, 0.25) is 0 Å². The molecule has 0 amide bonds. The lowest BCUT2D eigenvalue weighted by atomic mass is 10.2. The third kappa shape index (κ3) is 8.01. The van der Waals surface area contributed by atoms with Gasteiger partial charge in [-0.25, -0.2) is 0 Å². The summed E-state index contributed by atoms with van der Waals surface area (Å²) < 4.78 is 5.56. The van der Waals surface area contributed by atoms with Gasteiger partial charge in [-0.2, -0.15) is 0 Å². The minimum Gasteiger partial charge on any atom is -0.463 e. The minimum atomic E-state index is -0.624. The fourth-order valence-corrected chi connectivity index (χ4v) is 1.20. The predicted molar refractivity (Wildman–Crippen MR) is 54.8 cm³/mol. The van der Waals surface area contributed by atoms with Crippen LogP contribution in [0.1, 0.15) is 20.3 Å². The Hall–Kier alpha value is -0.610. The van der Waals surface area contributed by atoms with Crippen molar-refractivity contribution in [2.45, 2.75) is 32.5 Å². The van der Waals surface area contributed by atoms with Gasteiger partial charge in [-0.15, -0.1) is 0 Å². The van der Waals surface area contributed by atoms with Gasteiger partial charge in [-0.05, 0) is 13.8 Å². The van der Waals surface area contributed by atoms with Crippen molar-refractivity contribution >= 4 is 5.97 Å². The van der Waals surface area contributed by atoms with E-state index < -0.39 is 6.10 Å². The molecular weight excluding hydrogens is 182 g/mol. The van der Waals surface area contributed by atoms with Crippen molar-refractivity contribution in [2.24, 2.45) is 0 Å². The molecule has 0 aliphatic heterocycles. The second-order valence-electron chi connectivity index (χ2n) is 4.87. The quantitative estimate of drug-likeness (QED) is 0.521. The average Bonchev–Trinajstić information content (AvgIpc) is 1.77. The van der Waals surface area contributed by atoms with Crippen molar-refractivity contribution in [2.75, 3.05) is 27.7 Å². The fraction of sp³-hybridized carbons (Fsp3) is 0.900. The summed E-state index contributed by atoms with van der Waals surface area (Å²) in [5.74, 6) is -0.332. The van der Waals surface area contributed by atoms with E-state index in [1.165, 1.54) is 0 Å². The van der Waals surface area contributed by atoms with Crippen LogP contribution in [-0.2, 0) is 9.53 Å². The number of nitrogens with zero attached hydrogens (tertiary/aromatic N) is 1. The predicted octanol–water partition coefficient (Wildman–Crippen LogP) is 0.395. The monoisotopic (exact) mass is 204 g/mol. The number of rotatable bonds is 5. The van der Waals surface area contributed by atoms with Crippen LogP contribution in [0.15, 0.2) is 0 Å². The van der Waals surface area contributed by atoms with E-state index in [1.807, 2.05) is 21.1 Å². The summed E-state index contributed by atoms with van der Waals surface area (Å²) >= 11 is 0. The molecule has 0 saturated heterocycles. The molecule has 0 aromatic carbocycles.